The minimum Gasteiger partial charge on any atom is -0.507 e. The third kappa shape index (κ3) is 8.16. The van der Waals surface area contributed by atoms with E-state index in [-0.39, 0.29) is 22.0 Å². The molecular weight excluding hydrogens is 743 g/mol. The zero-order valence-electron chi connectivity index (χ0n) is 38.6. The maximum atomic E-state index is 11.4. The normalized spacial score (nSPS) is 12.8. The molecule has 0 saturated heterocycles. The fourth-order valence-corrected chi connectivity index (χ4v) is 8.42. The number of benzene rings is 6. The van der Waals surface area contributed by atoms with E-state index in [0.29, 0.717) is 11.4 Å². The van der Waals surface area contributed by atoms with Crippen LogP contribution in [0.5, 0.6) is 5.75 Å². The van der Waals surface area contributed by atoms with Gasteiger partial charge in [-0.3, -0.25) is 9.55 Å². The average molecular weight is 803 g/mol. The Morgan fingerprint density at radius 3 is 1.87 bits per heavy atom. The Kier molecular flexibility index (Phi) is 10.3. The van der Waals surface area contributed by atoms with Gasteiger partial charge in [0.05, 0.1) is 22.3 Å². The molecule has 61 heavy (non-hydrogen) atoms. The van der Waals surface area contributed by atoms with E-state index in [0.717, 1.165) is 66.9 Å². The number of para-hydroxylation sites is 2. The maximum Gasteiger partial charge on any atom is 0.149 e. The second kappa shape index (κ2) is 15.6. The number of aromatic nitrogens is 3. The standard InChI is InChI=1S/C57H59N3O/c1-36(2)48-35-43(27-28-45(48)46-17-12-14-20-49(46)57(9,10)11)60-51-21-16-19-44(53(51)59-54(60)47-18-13-15-22-52(47)61)39-31-40(33-42(32-39)56(6,7)8)50-34-38(29-30-58-50)37-23-25-41(26-24-37)55(3,4)5/h12-36,61H,1-11H3/i36D. The van der Waals surface area contributed by atoms with Crippen molar-refractivity contribution in [3.05, 3.63) is 168 Å². The smallest absolute Gasteiger partial charge is 0.149 e. The minimum absolute atomic E-state index is 0.0813. The van der Waals surface area contributed by atoms with Crippen molar-refractivity contribution < 1.29 is 6.48 Å². The first-order valence-electron chi connectivity index (χ1n) is 22.0. The highest BCUT2D eigenvalue weighted by molar-refractivity contribution is 5.97. The molecule has 0 fully saturated rings. The van der Waals surface area contributed by atoms with E-state index in [1.54, 1.807) is 6.07 Å². The van der Waals surface area contributed by atoms with E-state index >= 15 is 0 Å². The van der Waals surface area contributed by atoms with Gasteiger partial charge in [0.1, 0.15) is 11.6 Å². The van der Waals surface area contributed by atoms with Gasteiger partial charge in [-0.2, -0.15) is 0 Å². The van der Waals surface area contributed by atoms with Crippen LogP contribution in [0.4, 0.5) is 0 Å². The highest BCUT2D eigenvalue weighted by Gasteiger charge is 2.25. The number of rotatable bonds is 7. The van der Waals surface area contributed by atoms with Gasteiger partial charge in [-0.05, 0) is 127 Å². The predicted octanol–water partition coefficient (Wildman–Crippen LogP) is 15.5. The zero-order chi connectivity index (χ0) is 44.4. The Labute approximate surface area is 364 Å². The second-order valence-electron chi connectivity index (χ2n) is 19.8. The predicted molar refractivity (Wildman–Crippen MR) is 258 cm³/mol. The Morgan fingerprint density at radius 2 is 1.20 bits per heavy atom. The molecule has 0 aliphatic heterocycles. The van der Waals surface area contributed by atoms with Crippen molar-refractivity contribution in [2.75, 3.05) is 0 Å². The number of phenols is 1. The summed E-state index contributed by atoms with van der Waals surface area (Å²) in [5.41, 5.74) is 16.1. The van der Waals surface area contributed by atoms with Gasteiger partial charge in [-0.1, -0.05) is 161 Å². The highest BCUT2D eigenvalue weighted by Crippen LogP contribution is 2.42. The molecule has 4 nitrogen and oxygen atoms in total. The fourth-order valence-electron chi connectivity index (χ4n) is 8.42. The Balaban J connectivity index is 1.34. The molecule has 0 radical (unpaired) electrons. The lowest BCUT2D eigenvalue weighted by molar-refractivity contribution is 0.477. The first-order valence-corrected chi connectivity index (χ1v) is 21.5. The molecule has 0 spiro atoms. The minimum atomic E-state index is -0.919. The number of aromatic hydroxyl groups is 1. The van der Waals surface area contributed by atoms with Crippen LogP contribution in [0, 0.1) is 0 Å². The molecule has 6 aromatic carbocycles. The largest absolute Gasteiger partial charge is 0.507 e. The number of imidazole rings is 1. The Hall–Kier alpha value is -6.26. The summed E-state index contributed by atoms with van der Waals surface area (Å²) in [6.07, 6.45) is 1.91. The molecule has 308 valence electrons. The van der Waals surface area contributed by atoms with Crippen LogP contribution in [0.1, 0.15) is 106 Å². The SMILES string of the molecule is [2H]C(C)(C)c1cc(-n2c(-c3ccccc3O)nc3c(-c4cc(-c5cc(-c6ccc(C(C)(C)C)cc6)ccn5)cc(C(C)(C)C)c4)cccc32)ccc1-c1ccccc1C(C)(C)C. The summed E-state index contributed by atoms with van der Waals surface area (Å²) in [6, 6.07) is 48.7. The van der Waals surface area contributed by atoms with Crippen molar-refractivity contribution in [2.45, 2.75) is 98.3 Å². The van der Waals surface area contributed by atoms with Crippen LogP contribution in [-0.4, -0.2) is 19.6 Å². The van der Waals surface area contributed by atoms with Crippen molar-refractivity contribution in [1.29, 1.82) is 0 Å². The monoisotopic (exact) mass is 802 g/mol. The van der Waals surface area contributed by atoms with Gasteiger partial charge >= 0.3 is 0 Å². The van der Waals surface area contributed by atoms with Crippen LogP contribution in [0.15, 0.2) is 146 Å². The van der Waals surface area contributed by atoms with Gasteiger partial charge in [0.2, 0.25) is 0 Å². The second-order valence-corrected chi connectivity index (χ2v) is 19.8. The quantitative estimate of drug-likeness (QED) is 0.175. The summed E-state index contributed by atoms with van der Waals surface area (Å²) >= 11 is 0. The molecule has 0 aliphatic rings. The molecule has 0 unspecified atom stereocenters. The maximum absolute atomic E-state index is 11.4. The van der Waals surface area contributed by atoms with Gasteiger partial charge < -0.3 is 5.11 Å². The number of hydrogen-bond acceptors (Lipinski definition) is 3. The molecule has 2 aromatic heterocycles. The summed E-state index contributed by atoms with van der Waals surface area (Å²) in [5, 5.41) is 11.4. The third-order valence-corrected chi connectivity index (χ3v) is 11.9. The van der Waals surface area contributed by atoms with Gasteiger partial charge in [-0.25, -0.2) is 4.98 Å². The van der Waals surface area contributed by atoms with E-state index in [4.69, 9.17) is 9.97 Å². The van der Waals surface area contributed by atoms with Crippen molar-refractivity contribution in [2.24, 2.45) is 0 Å². The summed E-state index contributed by atoms with van der Waals surface area (Å²) in [7, 11) is 0. The summed E-state index contributed by atoms with van der Waals surface area (Å²) in [6.45, 7) is 24.1. The summed E-state index contributed by atoms with van der Waals surface area (Å²) in [4.78, 5) is 10.4. The van der Waals surface area contributed by atoms with Crippen LogP contribution in [0.3, 0.4) is 0 Å². The Morgan fingerprint density at radius 1 is 0.541 bits per heavy atom. The van der Waals surface area contributed by atoms with Crippen molar-refractivity contribution in [3.63, 3.8) is 0 Å². The van der Waals surface area contributed by atoms with Gasteiger partial charge in [0.25, 0.3) is 0 Å². The number of nitrogens with zero attached hydrogens (tertiary/aromatic N) is 3. The van der Waals surface area contributed by atoms with Crippen LogP contribution in [0.2, 0.25) is 0 Å². The van der Waals surface area contributed by atoms with E-state index in [1.807, 2.05) is 38.2 Å². The lowest BCUT2D eigenvalue weighted by Gasteiger charge is -2.25. The van der Waals surface area contributed by atoms with E-state index in [2.05, 4.69) is 182 Å². The molecule has 4 heteroatoms. The molecular formula is C57H59N3O. The van der Waals surface area contributed by atoms with E-state index in [9.17, 15) is 6.48 Å². The molecule has 8 rings (SSSR count). The van der Waals surface area contributed by atoms with Crippen molar-refractivity contribution >= 4 is 11.0 Å². The lowest BCUT2D eigenvalue weighted by atomic mass is 9.80. The first kappa shape index (κ1) is 40.2. The van der Waals surface area contributed by atoms with E-state index in [1.165, 1.54) is 16.7 Å². The topological polar surface area (TPSA) is 50.9 Å². The number of phenolic OH excluding ortho intramolecular Hbond substituents is 1. The van der Waals surface area contributed by atoms with Crippen LogP contribution >= 0.6 is 0 Å². The molecule has 0 amide bonds. The Bertz CT molecular complexity index is 2950. The van der Waals surface area contributed by atoms with Crippen molar-refractivity contribution in [3.8, 4) is 67.5 Å². The highest BCUT2D eigenvalue weighted by atomic mass is 16.3. The average Bonchev–Trinajstić information content (AvgIpc) is 3.62. The molecule has 0 atom stereocenters. The van der Waals surface area contributed by atoms with E-state index < -0.39 is 5.89 Å². The lowest BCUT2D eigenvalue weighted by Crippen LogP contribution is -2.13. The van der Waals surface area contributed by atoms with Crippen LogP contribution in [-0.2, 0) is 16.2 Å². The molecule has 0 bridgehead atoms. The molecule has 8 aromatic rings. The number of pyridine rings is 1. The van der Waals surface area contributed by atoms with Crippen LogP contribution in [0.25, 0.3) is 72.7 Å². The number of hydrogen-bond donors (Lipinski definition) is 1. The van der Waals surface area contributed by atoms with Crippen LogP contribution < -0.4 is 0 Å². The molecule has 1 N–H and O–H groups in total. The van der Waals surface area contributed by atoms with Gasteiger partial charge in [0.15, 0.2) is 0 Å². The third-order valence-electron chi connectivity index (χ3n) is 11.9. The van der Waals surface area contributed by atoms with Gasteiger partial charge in [-0.15, -0.1) is 0 Å². The molecule has 0 aliphatic carbocycles. The van der Waals surface area contributed by atoms with Gasteiger partial charge in [0, 0.05) is 24.4 Å². The molecule has 0 saturated carbocycles. The fraction of sp³-hybridized carbons (Fsp3) is 0.263. The number of fused-ring (bicyclic) bond motifs is 1. The summed E-state index contributed by atoms with van der Waals surface area (Å²) < 4.78 is 11.6. The zero-order valence-corrected chi connectivity index (χ0v) is 37.6. The summed E-state index contributed by atoms with van der Waals surface area (Å²) in [5.74, 6) is -0.141. The molecule has 2 heterocycles. The first-order chi connectivity index (χ1) is 29.2. The van der Waals surface area contributed by atoms with Crippen molar-refractivity contribution in [1.82, 2.24) is 14.5 Å².